The minimum Gasteiger partial charge on any atom is -0.390 e. The summed E-state index contributed by atoms with van der Waals surface area (Å²) in [6.07, 6.45) is -1.20. The maximum absolute atomic E-state index is 9.44. The third-order valence-corrected chi connectivity index (χ3v) is 1.79. The molecule has 1 fully saturated rings. The summed E-state index contributed by atoms with van der Waals surface area (Å²) < 4.78 is 10.6. The Labute approximate surface area is 76.1 Å². The molecule has 6 heteroatoms. The molecule has 1 aliphatic rings. The molecule has 0 bridgehead atoms. The van der Waals surface area contributed by atoms with E-state index >= 15 is 0 Å². The van der Waals surface area contributed by atoms with Crippen molar-refractivity contribution in [3.8, 4) is 0 Å². The fourth-order valence-corrected chi connectivity index (χ4v) is 1.14. The van der Waals surface area contributed by atoms with Crippen molar-refractivity contribution in [1.82, 2.24) is 0 Å². The van der Waals surface area contributed by atoms with Crippen molar-refractivity contribution in [1.29, 1.82) is 0 Å². The fourth-order valence-electron chi connectivity index (χ4n) is 1.14. The lowest BCUT2D eigenvalue weighted by Gasteiger charge is -2.19. The van der Waals surface area contributed by atoms with Gasteiger partial charge >= 0.3 is 0 Å². The van der Waals surface area contributed by atoms with Crippen molar-refractivity contribution >= 4 is 0 Å². The first-order chi connectivity index (χ1) is 6.05. The number of azide groups is 1. The van der Waals surface area contributed by atoms with Gasteiger partial charge in [0.05, 0.1) is 19.3 Å². The predicted octanol–water partition coefficient (Wildman–Crippen LogP) is 0.809. The number of hydrogen-bond acceptors (Lipinski definition) is 4. The number of aliphatic hydroxyl groups is 1. The highest BCUT2D eigenvalue weighted by molar-refractivity contribution is 4.78. The molecule has 0 aliphatic carbocycles. The number of aliphatic hydroxyl groups excluding tert-OH is 1. The summed E-state index contributed by atoms with van der Waals surface area (Å²) in [7, 11) is 0. The van der Waals surface area contributed by atoms with Crippen LogP contribution in [0, 0.1) is 0 Å². The van der Waals surface area contributed by atoms with Crippen LogP contribution in [0.2, 0.25) is 0 Å². The van der Waals surface area contributed by atoms with Crippen LogP contribution in [0.3, 0.4) is 0 Å². The van der Waals surface area contributed by atoms with E-state index in [0.29, 0.717) is 6.61 Å². The Morgan fingerprint density at radius 2 is 2.46 bits per heavy atom. The second kappa shape index (κ2) is 3.93. The van der Waals surface area contributed by atoms with Crippen LogP contribution in [0.4, 0.5) is 0 Å². The molecule has 0 aromatic rings. The predicted molar refractivity (Wildman–Crippen MR) is 44.9 cm³/mol. The van der Waals surface area contributed by atoms with E-state index in [4.69, 9.17) is 15.0 Å². The molecule has 1 N–H and O–H groups in total. The van der Waals surface area contributed by atoms with Crippen LogP contribution >= 0.6 is 0 Å². The van der Waals surface area contributed by atoms with E-state index in [9.17, 15) is 5.11 Å². The average Bonchev–Trinajstić information content (AvgIpc) is 2.42. The van der Waals surface area contributed by atoms with Gasteiger partial charge in [0.25, 0.3) is 0 Å². The summed E-state index contributed by atoms with van der Waals surface area (Å²) in [5, 5.41) is 12.7. The van der Waals surface area contributed by atoms with Gasteiger partial charge < -0.3 is 14.6 Å². The summed E-state index contributed by atoms with van der Waals surface area (Å²) in [5.74, 6) is -0.651. The first-order valence-electron chi connectivity index (χ1n) is 4.06. The zero-order chi connectivity index (χ0) is 9.90. The van der Waals surface area contributed by atoms with Gasteiger partial charge in [0.1, 0.15) is 6.10 Å². The summed E-state index contributed by atoms with van der Waals surface area (Å²) >= 11 is 0. The van der Waals surface area contributed by atoms with E-state index in [-0.39, 0.29) is 6.54 Å². The van der Waals surface area contributed by atoms with E-state index in [2.05, 4.69) is 10.0 Å². The Morgan fingerprint density at radius 3 is 2.92 bits per heavy atom. The lowest BCUT2D eigenvalue weighted by atomic mass is 10.2. The second-order valence-corrected chi connectivity index (χ2v) is 3.35. The number of hydrogen-bond donors (Lipinski definition) is 1. The Hall–Kier alpha value is -0.810. The molecule has 0 aromatic heterocycles. The van der Waals surface area contributed by atoms with Crippen molar-refractivity contribution in [3.63, 3.8) is 0 Å². The standard InChI is InChI=1S/C7H13N3O3/c1-7(2)12-4-6(13-7)5(11)3-9-10-8/h5-6,11H,3-4H2,1-2H3. The van der Waals surface area contributed by atoms with Gasteiger partial charge in [0.2, 0.25) is 0 Å². The normalized spacial score (nSPS) is 28.1. The molecule has 2 unspecified atom stereocenters. The Balaban J connectivity index is 2.41. The third-order valence-electron chi connectivity index (χ3n) is 1.79. The van der Waals surface area contributed by atoms with Crippen LogP contribution in [0.1, 0.15) is 13.8 Å². The van der Waals surface area contributed by atoms with Gasteiger partial charge in [-0.2, -0.15) is 0 Å². The van der Waals surface area contributed by atoms with Gasteiger partial charge in [-0.25, -0.2) is 0 Å². The molecular formula is C7H13N3O3. The molecule has 1 aliphatic heterocycles. The largest absolute Gasteiger partial charge is 0.390 e. The topological polar surface area (TPSA) is 87.5 Å². The van der Waals surface area contributed by atoms with Crippen molar-refractivity contribution in [2.75, 3.05) is 13.2 Å². The summed E-state index contributed by atoms with van der Waals surface area (Å²) in [6, 6.07) is 0. The molecule has 0 amide bonds. The monoisotopic (exact) mass is 187 g/mol. The number of rotatable bonds is 3. The molecule has 0 aromatic carbocycles. The SMILES string of the molecule is CC1(C)OCC(C(O)CN=[N+]=[N-])O1. The van der Waals surface area contributed by atoms with Gasteiger partial charge in [-0.05, 0) is 19.4 Å². The van der Waals surface area contributed by atoms with Gasteiger partial charge in [-0.15, -0.1) is 0 Å². The Kier molecular flexibility index (Phi) is 3.11. The van der Waals surface area contributed by atoms with Crippen LogP contribution in [0.15, 0.2) is 5.11 Å². The third kappa shape index (κ3) is 2.86. The number of ether oxygens (including phenoxy) is 2. The van der Waals surface area contributed by atoms with E-state index in [1.165, 1.54) is 0 Å². The van der Waals surface area contributed by atoms with Crippen molar-refractivity contribution in [2.45, 2.75) is 31.8 Å². The molecule has 2 atom stereocenters. The van der Waals surface area contributed by atoms with Crippen molar-refractivity contribution < 1.29 is 14.6 Å². The fraction of sp³-hybridized carbons (Fsp3) is 1.00. The average molecular weight is 187 g/mol. The van der Waals surface area contributed by atoms with Gasteiger partial charge in [-0.1, -0.05) is 5.11 Å². The maximum atomic E-state index is 9.44. The summed E-state index contributed by atoms with van der Waals surface area (Å²) in [6.45, 7) is 3.89. The van der Waals surface area contributed by atoms with Gasteiger partial charge in [0.15, 0.2) is 5.79 Å². The van der Waals surface area contributed by atoms with Crippen LogP contribution in [0.25, 0.3) is 10.4 Å². The van der Waals surface area contributed by atoms with Crippen molar-refractivity contribution in [3.05, 3.63) is 10.4 Å². The molecule has 1 heterocycles. The molecule has 0 spiro atoms. The highest BCUT2D eigenvalue weighted by Gasteiger charge is 2.36. The minimum absolute atomic E-state index is 0.0145. The smallest absolute Gasteiger partial charge is 0.163 e. The maximum Gasteiger partial charge on any atom is 0.163 e. The molecule has 6 nitrogen and oxygen atoms in total. The molecule has 0 saturated carbocycles. The van der Waals surface area contributed by atoms with Crippen LogP contribution in [-0.2, 0) is 9.47 Å². The highest BCUT2D eigenvalue weighted by atomic mass is 16.7. The first-order valence-corrected chi connectivity index (χ1v) is 4.06. The van der Waals surface area contributed by atoms with Crippen LogP contribution in [0.5, 0.6) is 0 Å². The van der Waals surface area contributed by atoms with Crippen LogP contribution < -0.4 is 0 Å². The Morgan fingerprint density at radius 1 is 1.77 bits per heavy atom. The van der Waals surface area contributed by atoms with E-state index in [0.717, 1.165) is 0 Å². The zero-order valence-corrected chi connectivity index (χ0v) is 7.67. The summed E-state index contributed by atoms with van der Waals surface area (Å²) in [5.41, 5.74) is 8.04. The quantitative estimate of drug-likeness (QED) is 0.403. The van der Waals surface area contributed by atoms with E-state index < -0.39 is 18.0 Å². The van der Waals surface area contributed by atoms with E-state index in [1.807, 2.05) is 0 Å². The van der Waals surface area contributed by atoms with E-state index in [1.54, 1.807) is 13.8 Å². The Bertz CT molecular complexity index is 225. The molecule has 74 valence electrons. The molecule has 1 rings (SSSR count). The second-order valence-electron chi connectivity index (χ2n) is 3.35. The molecular weight excluding hydrogens is 174 g/mol. The van der Waals surface area contributed by atoms with Gasteiger partial charge in [0, 0.05) is 4.91 Å². The van der Waals surface area contributed by atoms with Crippen LogP contribution in [-0.4, -0.2) is 36.3 Å². The van der Waals surface area contributed by atoms with Gasteiger partial charge in [-0.3, -0.25) is 0 Å². The molecule has 1 saturated heterocycles. The first kappa shape index (κ1) is 10.3. The highest BCUT2D eigenvalue weighted by Crippen LogP contribution is 2.24. The molecule has 0 radical (unpaired) electrons. The lowest BCUT2D eigenvalue weighted by molar-refractivity contribution is -0.150. The minimum atomic E-state index is -0.794. The van der Waals surface area contributed by atoms with Crippen molar-refractivity contribution in [2.24, 2.45) is 5.11 Å². The summed E-state index contributed by atoms with van der Waals surface area (Å²) in [4.78, 5) is 2.55. The zero-order valence-electron chi connectivity index (χ0n) is 7.67. The molecule has 13 heavy (non-hydrogen) atoms. The number of nitrogens with zero attached hydrogens (tertiary/aromatic N) is 3. The lowest BCUT2D eigenvalue weighted by Crippen LogP contribution is -2.32.